The largest absolute Gasteiger partial charge is 0.396 e. The molecule has 0 aliphatic rings. The number of hydrogen-bond donors (Lipinski definition) is 1. The molecule has 0 aliphatic carbocycles. The lowest BCUT2D eigenvalue weighted by molar-refractivity contribution is -0.697. The van der Waals surface area contributed by atoms with Crippen molar-refractivity contribution < 1.29 is 9.67 Å². The van der Waals surface area contributed by atoms with Gasteiger partial charge in [0.15, 0.2) is 18.9 Å². The molecule has 0 unspecified atom stereocenters. The van der Waals surface area contributed by atoms with Gasteiger partial charge in [-0.25, -0.2) is 4.57 Å². The van der Waals surface area contributed by atoms with Crippen molar-refractivity contribution in [3.63, 3.8) is 0 Å². The Morgan fingerprint density at radius 1 is 0.815 bits per heavy atom. The highest BCUT2D eigenvalue weighted by Crippen LogP contribution is 2.18. The minimum absolute atomic E-state index is 0.235. The Morgan fingerprint density at radius 2 is 1.37 bits per heavy atom. The highest BCUT2D eigenvalue weighted by atomic mass is 16.3. The summed E-state index contributed by atoms with van der Waals surface area (Å²) in [5, 5.41) is 8.90. The van der Waals surface area contributed by atoms with Gasteiger partial charge in [0.2, 0.25) is 0 Å². The van der Waals surface area contributed by atoms with E-state index in [0.717, 1.165) is 26.1 Å². The zero-order valence-corrected chi connectivity index (χ0v) is 17.0. The zero-order valence-electron chi connectivity index (χ0n) is 17.0. The number of anilines is 1. The van der Waals surface area contributed by atoms with Gasteiger partial charge in [0, 0.05) is 43.9 Å². The molecule has 3 nitrogen and oxygen atoms in total. The summed E-state index contributed by atoms with van der Waals surface area (Å²) in [6.45, 7) is 7.89. The summed E-state index contributed by atoms with van der Waals surface area (Å²) < 4.78 is 2.10. The van der Waals surface area contributed by atoms with Crippen molar-refractivity contribution in [2.24, 2.45) is 0 Å². The molecular weight excluding hydrogens is 332 g/mol. The molecule has 27 heavy (non-hydrogen) atoms. The minimum atomic E-state index is 0.235. The Balaban J connectivity index is 1.97. The number of aliphatic hydroxyl groups excluding tert-OH is 1. The molecule has 2 rings (SSSR count). The van der Waals surface area contributed by atoms with Crippen molar-refractivity contribution in [3.05, 3.63) is 59.9 Å². The van der Waals surface area contributed by atoms with Crippen LogP contribution in [0.15, 0.2) is 48.8 Å². The van der Waals surface area contributed by atoms with E-state index < -0.39 is 0 Å². The highest BCUT2D eigenvalue weighted by molar-refractivity contribution is 5.70. The first-order chi connectivity index (χ1) is 13.3. The molecule has 0 radical (unpaired) electrons. The molecule has 1 N–H and O–H groups in total. The van der Waals surface area contributed by atoms with Crippen molar-refractivity contribution in [1.82, 2.24) is 0 Å². The Bertz CT molecular complexity index is 654. The minimum Gasteiger partial charge on any atom is -0.396 e. The van der Waals surface area contributed by atoms with Crippen LogP contribution in [0.5, 0.6) is 0 Å². The molecule has 0 bridgehead atoms. The van der Waals surface area contributed by atoms with Crippen LogP contribution < -0.4 is 9.47 Å². The van der Waals surface area contributed by atoms with Crippen LogP contribution in [-0.2, 0) is 6.54 Å². The van der Waals surface area contributed by atoms with E-state index in [9.17, 15) is 0 Å². The molecule has 2 aromatic rings. The van der Waals surface area contributed by atoms with Crippen LogP contribution in [0.3, 0.4) is 0 Å². The van der Waals surface area contributed by atoms with Gasteiger partial charge >= 0.3 is 0 Å². The molecule has 146 valence electrons. The second kappa shape index (κ2) is 12.3. The van der Waals surface area contributed by atoms with Gasteiger partial charge in [-0.15, -0.1) is 0 Å². The number of nitrogens with zero attached hydrogens (tertiary/aromatic N) is 2. The number of hydrogen-bond acceptors (Lipinski definition) is 2. The second-order valence-corrected chi connectivity index (χ2v) is 7.07. The number of pyridine rings is 1. The van der Waals surface area contributed by atoms with E-state index in [1.54, 1.807) is 0 Å². The second-order valence-electron chi connectivity index (χ2n) is 7.07. The smallest absolute Gasteiger partial charge is 0.169 e. The van der Waals surface area contributed by atoms with Crippen LogP contribution in [-0.4, -0.2) is 24.8 Å². The molecule has 0 aliphatic heterocycles. The summed E-state index contributed by atoms with van der Waals surface area (Å²) in [6.07, 6.45) is 14.2. The van der Waals surface area contributed by atoms with Gasteiger partial charge in [-0.3, -0.25) is 0 Å². The maximum atomic E-state index is 8.90. The lowest BCUT2D eigenvalue weighted by Gasteiger charge is -2.24. The third-order valence-electron chi connectivity index (χ3n) is 4.78. The third-order valence-corrected chi connectivity index (χ3v) is 4.78. The summed E-state index contributed by atoms with van der Waals surface area (Å²) in [5.41, 5.74) is 3.74. The van der Waals surface area contributed by atoms with Crippen molar-refractivity contribution in [2.45, 2.75) is 52.5 Å². The van der Waals surface area contributed by atoms with Crippen LogP contribution in [0.2, 0.25) is 0 Å². The molecule has 0 fully saturated rings. The Hall–Kier alpha value is -2.13. The fourth-order valence-corrected chi connectivity index (χ4v) is 3.04. The normalized spacial score (nSPS) is 11.2. The van der Waals surface area contributed by atoms with Crippen LogP contribution in [0.1, 0.15) is 57.1 Å². The van der Waals surface area contributed by atoms with Crippen LogP contribution in [0.4, 0.5) is 5.69 Å². The fraction of sp³-hybridized carbons (Fsp3) is 0.458. The topological polar surface area (TPSA) is 27.4 Å². The number of unbranched alkanes of at least 4 members (excludes halogenated alkanes) is 2. The van der Waals surface area contributed by atoms with E-state index in [-0.39, 0.29) is 6.61 Å². The summed E-state index contributed by atoms with van der Waals surface area (Å²) >= 11 is 0. The molecule has 1 heterocycles. The van der Waals surface area contributed by atoms with Gasteiger partial charge in [-0.05, 0) is 36.1 Å². The standard InChI is InChI=1S/C24H35N2O/c1-3-5-17-26(18-6-4-2)24-12-10-22(11-13-24)8-9-23-14-19-25(20-15-23)16-7-21-27/h8-15,19-20,27H,3-7,16-18,21H2,1-2H3/q+1. The average Bonchev–Trinajstić information content (AvgIpc) is 2.72. The molecule has 0 saturated heterocycles. The molecule has 3 heteroatoms. The van der Waals surface area contributed by atoms with E-state index in [0.29, 0.717) is 0 Å². The van der Waals surface area contributed by atoms with Gasteiger partial charge in [0.1, 0.15) is 0 Å². The summed E-state index contributed by atoms with van der Waals surface area (Å²) in [6, 6.07) is 13.1. The number of rotatable bonds is 12. The summed E-state index contributed by atoms with van der Waals surface area (Å²) in [4.78, 5) is 2.52. The SMILES string of the molecule is CCCCN(CCCC)c1ccc(/C=C/c2cc[n+](CCCO)cc2)cc1. The van der Waals surface area contributed by atoms with Crippen LogP contribution in [0.25, 0.3) is 12.2 Å². The number of aromatic nitrogens is 1. The molecule has 1 aromatic carbocycles. The lowest BCUT2D eigenvalue weighted by atomic mass is 10.1. The van der Waals surface area contributed by atoms with E-state index >= 15 is 0 Å². The predicted molar refractivity (Wildman–Crippen MR) is 116 cm³/mol. The number of aliphatic hydroxyl groups is 1. The molecule has 1 aromatic heterocycles. The summed E-state index contributed by atoms with van der Waals surface area (Å²) in [7, 11) is 0. The predicted octanol–water partition coefficient (Wildman–Crippen LogP) is 4.93. The van der Waals surface area contributed by atoms with Crippen LogP contribution in [0, 0.1) is 0 Å². The molecular formula is C24H35N2O+. The lowest BCUT2D eigenvalue weighted by Crippen LogP contribution is -2.32. The molecule has 0 spiro atoms. The quantitative estimate of drug-likeness (QED) is 0.538. The molecule has 0 saturated carbocycles. The third kappa shape index (κ3) is 7.56. The Morgan fingerprint density at radius 3 is 1.89 bits per heavy atom. The van der Waals surface area contributed by atoms with Gasteiger partial charge in [0.25, 0.3) is 0 Å². The first-order valence-corrected chi connectivity index (χ1v) is 10.4. The van der Waals surface area contributed by atoms with Gasteiger partial charge in [-0.2, -0.15) is 0 Å². The molecule has 0 amide bonds. The van der Waals surface area contributed by atoms with E-state index in [2.05, 4.69) is 84.3 Å². The first kappa shape index (κ1) is 21.2. The highest BCUT2D eigenvalue weighted by Gasteiger charge is 2.05. The first-order valence-electron chi connectivity index (χ1n) is 10.4. The molecule has 0 atom stereocenters. The fourth-order valence-electron chi connectivity index (χ4n) is 3.04. The van der Waals surface area contributed by atoms with E-state index in [1.807, 2.05) is 0 Å². The van der Waals surface area contributed by atoms with Gasteiger partial charge in [-0.1, -0.05) is 51.0 Å². The van der Waals surface area contributed by atoms with Crippen LogP contribution >= 0.6 is 0 Å². The number of aryl methyl sites for hydroxylation is 1. The van der Waals surface area contributed by atoms with Crippen molar-refractivity contribution in [1.29, 1.82) is 0 Å². The van der Waals surface area contributed by atoms with E-state index in [4.69, 9.17) is 5.11 Å². The monoisotopic (exact) mass is 367 g/mol. The maximum Gasteiger partial charge on any atom is 0.169 e. The van der Waals surface area contributed by atoms with E-state index in [1.165, 1.54) is 42.5 Å². The van der Waals surface area contributed by atoms with Crippen molar-refractivity contribution in [3.8, 4) is 0 Å². The zero-order chi connectivity index (χ0) is 19.3. The van der Waals surface area contributed by atoms with Gasteiger partial charge in [0.05, 0.1) is 0 Å². The van der Waals surface area contributed by atoms with Crippen molar-refractivity contribution in [2.75, 3.05) is 24.6 Å². The average molecular weight is 368 g/mol. The Labute approximate surface area is 165 Å². The summed E-state index contributed by atoms with van der Waals surface area (Å²) in [5.74, 6) is 0. The Kier molecular flexibility index (Phi) is 9.64. The maximum absolute atomic E-state index is 8.90. The van der Waals surface area contributed by atoms with Crippen molar-refractivity contribution >= 4 is 17.8 Å². The number of benzene rings is 1. The van der Waals surface area contributed by atoms with Gasteiger partial charge < -0.3 is 10.0 Å².